The molecular formula is C16H20N2O. The predicted molar refractivity (Wildman–Crippen MR) is 79.8 cm³/mol. The molecule has 0 bridgehead atoms. The highest BCUT2D eigenvalue weighted by Gasteiger charge is 2.07. The molecule has 19 heavy (non-hydrogen) atoms. The third kappa shape index (κ3) is 2.87. The number of rotatable bonds is 5. The third-order valence-corrected chi connectivity index (χ3v) is 3.27. The van der Waals surface area contributed by atoms with Gasteiger partial charge < -0.3 is 9.64 Å². The number of hydrogen-bond acceptors (Lipinski definition) is 3. The van der Waals surface area contributed by atoms with Crippen molar-refractivity contribution < 1.29 is 4.74 Å². The van der Waals surface area contributed by atoms with E-state index in [2.05, 4.69) is 48.0 Å². The minimum atomic E-state index is 0.665. The third-order valence-electron chi connectivity index (χ3n) is 3.27. The minimum Gasteiger partial charge on any atom is -0.481 e. The number of benzene rings is 1. The molecule has 0 N–H and O–H groups in total. The molecule has 0 aliphatic carbocycles. The molecule has 0 saturated heterocycles. The molecule has 0 spiro atoms. The van der Waals surface area contributed by atoms with Crippen molar-refractivity contribution in [3.05, 3.63) is 42.6 Å². The zero-order valence-electron chi connectivity index (χ0n) is 11.8. The average molecular weight is 256 g/mol. The molecule has 0 saturated carbocycles. The van der Waals surface area contributed by atoms with Crippen molar-refractivity contribution in [3.8, 4) is 17.0 Å². The van der Waals surface area contributed by atoms with Gasteiger partial charge in [-0.25, -0.2) is 4.98 Å². The summed E-state index contributed by atoms with van der Waals surface area (Å²) in [5, 5.41) is 0. The second kappa shape index (κ2) is 6.23. The van der Waals surface area contributed by atoms with Crippen LogP contribution in [-0.4, -0.2) is 25.2 Å². The zero-order chi connectivity index (χ0) is 13.7. The first-order chi connectivity index (χ1) is 9.30. The van der Waals surface area contributed by atoms with Crippen molar-refractivity contribution in [2.75, 3.05) is 25.1 Å². The maximum atomic E-state index is 5.30. The molecule has 0 radical (unpaired) electrons. The van der Waals surface area contributed by atoms with Gasteiger partial charge in [0.05, 0.1) is 7.11 Å². The summed E-state index contributed by atoms with van der Waals surface area (Å²) < 4.78 is 5.30. The Morgan fingerprint density at radius 2 is 1.74 bits per heavy atom. The van der Waals surface area contributed by atoms with Crippen LogP contribution in [0, 0.1) is 0 Å². The first kappa shape index (κ1) is 13.4. The van der Waals surface area contributed by atoms with E-state index in [9.17, 15) is 0 Å². The highest BCUT2D eigenvalue weighted by molar-refractivity contribution is 5.70. The van der Waals surface area contributed by atoms with E-state index in [0.717, 1.165) is 24.2 Å². The molecular weight excluding hydrogens is 236 g/mol. The Balaban J connectivity index is 2.32. The van der Waals surface area contributed by atoms with Gasteiger partial charge in [0.1, 0.15) is 0 Å². The van der Waals surface area contributed by atoms with Crippen LogP contribution in [0.4, 0.5) is 5.69 Å². The molecule has 0 fully saturated rings. The smallest absolute Gasteiger partial charge is 0.221 e. The Morgan fingerprint density at radius 3 is 2.32 bits per heavy atom. The van der Waals surface area contributed by atoms with Gasteiger partial charge in [0, 0.05) is 30.5 Å². The lowest BCUT2D eigenvalue weighted by Gasteiger charge is -2.21. The van der Waals surface area contributed by atoms with Crippen molar-refractivity contribution in [3.63, 3.8) is 0 Å². The molecule has 2 aromatic rings. The van der Waals surface area contributed by atoms with Crippen molar-refractivity contribution in [1.82, 2.24) is 4.98 Å². The molecule has 100 valence electrons. The summed E-state index contributed by atoms with van der Waals surface area (Å²) in [5.41, 5.74) is 3.40. The molecule has 3 heteroatoms. The summed E-state index contributed by atoms with van der Waals surface area (Å²) >= 11 is 0. The molecule has 0 unspecified atom stereocenters. The van der Waals surface area contributed by atoms with Gasteiger partial charge in [0.25, 0.3) is 0 Å². The van der Waals surface area contributed by atoms with Crippen molar-refractivity contribution in [2.45, 2.75) is 13.8 Å². The van der Waals surface area contributed by atoms with Gasteiger partial charge >= 0.3 is 0 Å². The minimum absolute atomic E-state index is 0.665. The lowest BCUT2D eigenvalue weighted by molar-refractivity contribution is 0.399. The molecule has 1 heterocycles. The van der Waals surface area contributed by atoms with E-state index in [1.807, 2.05) is 12.1 Å². The van der Waals surface area contributed by atoms with Gasteiger partial charge in [-0.1, -0.05) is 12.1 Å². The van der Waals surface area contributed by atoms with Crippen LogP contribution in [0.2, 0.25) is 0 Å². The lowest BCUT2D eigenvalue weighted by atomic mass is 10.1. The quantitative estimate of drug-likeness (QED) is 0.817. The lowest BCUT2D eigenvalue weighted by Crippen LogP contribution is -2.21. The fraction of sp³-hybridized carbons (Fsp3) is 0.312. The predicted octanol–water partition coefficient (Wildman–Crippen LogP) is 3.60. The summed E-state index contributed by atoms with van der Waals surface area (Å²) in [6.45, 7) is 6.38. The molecule has 3 nitrogen and oxygen atoms in total. The topological polar surface area (TPSA) is 25.4 Å². The van der Waals surface area contributed by atoms with Crippen molar-refractivity contribution in [1.29, 1.82) is 0 Å². The van der Waals surface area contributed by atoms with Crippen LogP contribution in [0.3, 0.4) is 0 Å². The molecule has 0 aliphatic heterocycles. The largest absolute Gasteiger partial charge is 0.481 e. The fourth-order valence-corrected chi connectivity index (χ4v) is 2.21. The number of pyridine rings is 1. The monoisotopic (exact) mass is 256 g/mol. The van der Waals surface area contributed by atoms with Crippen molar-refractivity contribution in [2.24, 2.45) is 0 Å². The average Bonchev–Trinajstić information content (AvgIpc) is 2.49. The molecule has 0 amide bonds. The second-order valence-electron chi connectivity index (χ2n) is 4.28. The number of nitrogens with zero attached hydrogens (tertiary/aromatic N) is 2. The van der Waals surface area contributed by atoms with E-state index in [-0.39, 0.29) is 0 Å². The van der Waals surface area contributed by atoms with Gasteiger partial charge in [-0.15, -0.1) is 0 Å². The highest BCUT2D eigenvalue weighted by atomic mass is 16.5. The van der Waals surface area contributed by atoms with Crippen LogP contribution in [0.1, 0.15) is 13.8 Å². The molecule has 1 aromatic carbocycles. The zero-order valence-corrected chi connectivity index (χ0v) is 11.8. The Bertz CT molecular complexity index is 519. The van der Waals surface area contributed by atoms with Gasteiger partial charge in [-0.05, 0) is 43.7 Å². The Morgan fingerprint density at radius 1 is 1.05 bits per heavy atom. The van der Waals surface area contributed by atoms with Crippen LogP contribution in [0.25, 0.3) is 11.1 Å². The van der Waals surface area contributed by atoms with Gasteiger partial charge in [-0.3, -0.25) is 0 Å². The SMILES string of the molecule is CCN(CC)c1ccc(-c2cccnc2OC)cc1. The van der Waals surface area contributed by atoms with E-state index in [4.69, 9.17) is 4.74 Å². The molecule has 0 aliphatic rings. The first-order valence-corrected chi connectivity index (χ1v) is 6.64. The summed E-state index contributed by atoms with van der Waals surface area (Å²) in [6.07, 6.45) is 1.74. The van der Waals surface area contributed by atoms with Crippen LogP contribution in [-0.2, 0) is 0 Å². The van der Waals surface area contributed by atoms with Gasteiger partial charge in [-0.2, -0.15) is 0 Å². The number of anilines is 1. The van der Waals surface area contributed by atoms with Crippen LogP contribution in [0.15, 0.2) is 42.6 Å². The van der Waals surface area contributed by atoms with E-state index < -0.39 is 0 Å². The fourth-order valence-electron chi connectivity index (χ4n) is 2.21. The maximum absolute atomic E-state index is 5.30. The van der Waals surface area contributed by atoms with Crippen LogP contribution >= 0.6 is 0 Å². The van der Waals surface area contributed by atoms with Crippen molar-refractivity contribution >= 4 is 5.69 Å². The van der Waals surface area contributed by atoms with Crippen LogP contribution in [0.5, 0.6) is 5.88 Å². The normalized spacial score (nSPS) is 10.3. The first-order valence-electron chi connectivity index (χ1n) is 6.64. The standard InChI is InChI=1S/C16H20N2O/c1-4-18(5-2)14-10-8-13(9-11-14)15-7-6-12-17-16(15)19-3/h6-12H,4-5H2,1-3H3. The maximum Gasteiger partial charge on any atom is 0.221 e. The summed E-state index contributed by atoms with van der Waals surface area (Å²) in [6, 6.07) is 12.5. The second-order valence-corrected chi connectivity index (χ2v) is 4.28. The Kier molecular flexibility index (Phi) is 4.39. The van der Waals surface area contributed by atoms with Crippen LogP contribution < -0.4 is 9.64 Å². The number of ether oxygens (including phenoxy) is 1. The Labute approximate surface area is 114 Å². The highest BCUT2D eigenvalue weighted by Crippen LogP contribution is 2.29. The summed E-state index contributed by atoms with van der Waals surface area (Å²) in [4.78, 5) is 6.55. The number of aromatic nitrogens is 1. The van der Waals surface area contributed by atoms with E-state index in [1.54, 1.807) is 13.3 Å². The molecule has 0 atom stereocenters. The number of hydrogen-bond donors (Lipinski definition) is 0. The van der Waals surface area contributed by atoms with E-state index in [1.165, 1.54) is 5.69 Å². The van der Waals surface area contributed by atoms with Gasteiger partial charge in [0.2, 0.25) is 5.88 Å². The number of methoxy groups -OCH3 is 1. The molecule has 1 aromatic heterocycles. The van der Waals surface area contributed by atoms with E-state index >= 15 is 0 Å². The van der Waals surface area contributed by atoms with E-state index in [0.29, 0.717) is 5.88 Å². The summed E-state index contributed by atoms with van der Waals surface area (Å²) in [5.74, 6) is 0.665. The summed E-state index contributed by atoms with van der Waals surface area (Å²) in [7, 11) is 1.65. The van der Waals surface area contributed by atoms with Gasteiger partial charge in [0.15, 0.2) is 0 Å². The molecule has 2 rings (SSSR count). The Hall–Kier alpha value is -2.03.